The van der Waals surface area contributed by atoms with E-state index in [1.54, 1.807) is 12.1 Å². The van der Waals surface area contributed by atoms with Gasteiger partial charge in [-0.2, -0.15) is 0 Å². The summed E-state index contributed by atoms with van der Waals surface area (Å²) in [4.78, 5) is -0.0322. The third kappa shape index (κ3) is 3.89. The molecule has 0 radical (unpaired) electrons. The third-order valence-electron chi connectivity index (χ3n) is 2.77. The van der Waals surface area contributed by atoms with Gasteiger partial charge in [0.2, 0.25) is 10.0 Å². The smallest absolute Gasteiger partial charge is 0.240 e. The van der Waals surface area contributed by atoms with E-state index >= 15 is 0 Å². The van der Waals surface area contributed by atoms with E-state index in [1.165, 1.54) is 6.07 Å². The normalized spacial score (nSPS) is 13.3. The Balaban J connectivity index is 2.91. The average Bonchev–Trinajstić information content (AvgIpc) is 2.27. The highest BCUT2D eigenvalue weighted by molar-refractivity contribution is 7.89. The average molecular weight is 271 g/mol. The van der Waals surface area contributed by atoms with E-state index in [1.807, 2.05) is 6.92 Å². The number of sulfonamides is 1. The second kappa shape index (κ2) is 6.06. The Hall–Kier alpha value is -1.27. The standard InChI is InChI=1S/C12H21N3O2S/c1-3-4-6-9(2)15-10-7-5-8-11(12(10)13)18(14,16)17/h5,7-9,15H,3-4,6,13H2,1-2H3,(H2,14,16,17). The lowest BCUT2D eigenvalue weighted by Gasteiger charge is -2.17. The highest BCUT2D eigenvalue weighted by Gasteiger charge is 2.15. The van der Waals surface area contributed by atoms with Gasteiger partial charge in [-0.05, 0) is 25.5 Å². The van der Waals surface area contributed by atoms with Crippen LogP contribution >= 0.6 is 0 Å². The number of nitrogens with one attached hydrogen (secondary N) is 1. The molecule has 102 valence electrons. The molecule has 5 nitrogen and oxygen atoms in total. The van der Waals surface area contributed by atoms with E-state index in [4.69, 9.17) is 10.9 Å². The molecule has 0 saturated heterocycles. The fraction of sp³-hybridized carbons (Fsp3) is 0.500. The van der Waals surface area contributed by atoms with Crippen molar-refractivity contribution in [2.24, 2.45) is 5.14 Å². The highest BCUT2D eigenvalue weighted by Crippen LogP contribution is 2.26. The van der Waals surface area contributed by atoms with E-state index in [2.05, 4.69) is 12.2 Å². The predicted octanol–water partition coefficient (Wildman–Crippen LogP) is 1.91. The fourth-order valence-electron chi connectivity index (χ4n) is 1.77. The van der Waals surface area contributed by atoms with Gasteiger partial charge in [-0.15, -0.1) is 0 Å². The molecule has 1 rings (SSSR count). The summed E-state index contributed by atoms with van der Waals surface area (Å²) in [7, 11) is -3.77. The molecule has 0 saturated carbocycles. The maximum atomic E-state index is 11.3. The minimum Gasteiger partial charge on any atom is -0.396 e. The molecule has 0 aliphatic heterocycles. The van der Waals surface area contributed by atoms with Gasteiger partial charge in [0.25, 0.3) is 0 Å². The lowest BCUT2D eigenvalue weighted by Crippen LogP contribution is -2.19. The van der Waals surface area contributed by atoms with Crippen molar-refractivity contribution in [1.82, 2.24) is 0 Å². The monoisotopic (exact) mass is 271 g/mol. The van der Waals surface area contributed by atoms with Crippen LogP contribution < -0.4 is 16.2 Å². The molecule has 0 spiro atoms. The number of nitrogen functional groups attached to an aromatic ring is 1. The van der Waals surface area contributed by atoms with Crippen molar-refractivity contribution in [3.8, 4) is 0 Å². The van der Waals surface area contributed by atoms with Crippen LogP contribution in [0.4, 0.5) is 11.4 Å². The lowest BCUT2D eigenvalue weighted by atomic mass is 10.1. The van der Waals surface area contributed by atoms with Gasteiger partial charge in [-0.1, -0.05) is 25.8 Å². The number of hydrogen-bond acceptors (Lipinski definition) is 4. The van der Waals surface area contributed by atoms with Crippen LogP contribution in [0.1, 0.15) is 33.1 Å². The molecular formula is C12H21N3O2S. The van der Waals surface area contributed by atoms with E-state index in [0.717, 1.165) is 19.3 Å². The van der Waals surface area contributed by atoms with Gasteiger partial charge >= 0.3 is 0 Å². The summed E-state index contributed by atoms with van der Waals surface area (Å²) in [6, 6.07) is 5.03. The Kier molecular flexibility index (Phi) is 4.98. The Labute approximate surface area is 109 Å². The van der Waals surface area contributed by atoms with Crippen LogP contribution in [-0.2, 0) is 10.0 Å². The molecule has 0 heterocycles. The Bertz CT molecular complexity index is 500. The van der Waals surface area contributed by atoms with Gasteiger partial charge in [0.15, 0.2) is 0 Å². The van der Waals surface area contributed by atoms with Gasteiger partial charge in [-0.3, -0.25) is 0 Å². The van der Waals surface area contributed by atoms with Gasteiger partial charge in [0.05, 0.1) is 11.4 Å². The second-order valence-corrected chi connectivity index (χ2v) is 5.98. The Morgan fingerprint density at radius 2 is 2.06 bits per heavy atom. The number of anilines is 2. The summed E-state index contributed by atoms with van der Waals surface area (Å²) in [6.07, 6.45) is 3.25. The summed E-state index contributed by atoms with van der Waals surface area (Å²) >= 11 is 0. The number of benzene rings is 1. The van der Waals surface area contributed by atoms with Crippen molar-refractivity contribution in [2.75, 3.05) is 11.1 Å². The van der Waals surface area contributed by atoms with Crippen LogP contribution in [0.2, 0.25) is 0 Å². The maximum absolute atomic E-state index is 11.3. The molecule has 1 aromatic rings. The van der Waals surface area contributed by atoms with Crippen molar-refractivity contribution in [1.29, 1.82) is 0 Å². The SMILES string of the molecule is CCCCC(C)Nc1cccc(S(N)(=O)=O)c1N. The number of unbranched alkanes of at least 4 members (excludes halogenated alkanes) is 1. The van der Waals surface area contributed by atoms with Crippen LogP contribution in [0.15, 0.2) is 23.1 Å². The zero-order chi connectivity index (χ0) is 13.8. The van der Waals surface area contributed by atoms with E-state index in [0.29, 0.717) is 5.69 Å². The summed E-state index contributed by atoms with van der Waals surface area (Å²) in [5, 5.41) is 8.31. The summed E-state index contributed by atoms with van der Waals surface area (Å²) in [6.45, 7) is 4.17. The molecule has 0 aliphatic rings. The molecule has 5 N–H and O–H groups in total. The predicted molar refractivity (Wildman–Crippen MR) is 74.8 cm³/mol. The van der Waals surface area contributed by atoms with Gasteiger partial charge in [-0.25, -0.2) is 13.6 Å². The third-order valence-corrected chi connectivity index (χ3v) is 3.73. The largest absolute Gasteiger partial charge is 0.396 e. The molecule has 0 fully saturated rings. The van der Waals surface area contributed by atoms with Crippen molar-refractivity contribution in [2.45, 2.75) is 44.0 Å². The van der Waals surface area contributed by atoms with Crippen LogP contribution in [0.25, 0.3) is 0 Å². The minimum atomic E-state index is -3.77. The quantitative estimate of drug-likeness (QED) is 0.688. The molecule has 0 aromatic heterocycles. The van der Waals surface area contributed by atoms with Gasteiger partial charge < -0.3 is 11.1 Å². The first-order valence-corrected chi connectivity index (χ1v) is 7.58. The zero-order valence-corrected chi connectivity index (χ0v) is 11.6. The molecule has 1 unspecified atom stereocenters. The summed E-state index contributed by atoms with van der Waals surface area (Å²) in [5.74, 6) is 0. The Morgan fingerprint density at radius 3 is 2.61 bits per heavy atom. The van der Waals surface area contributed by atoms with Crippen molar-refractivity contribution in [3.05, 3.63) is 18.2 Å². The van der Waals surface area contributed by atoms with Crippen LogP contribution in [0.5, 0.6) is 0 Å². The van der Waals surface area contributed by atoms with E-state index in [-0.39, 0.29) is 16.6 Å². The molecule has 1 aromatic carbocycles. The molecule has 6 heteroatoms. The van der Waals surface area contributed by atoms with Crippen molar-refractivity contribution in [3.63, 3.8) is 0 Å². The molecule has 0 bridgehead atoms. The number of para-hydroxylation sites is 1. The first-order chi connectivity index (χ1) is 8.36. The minimum absolute atomic E-state index is 0.0322. The first kappa shape index (κ1) is 14.8. The van der Waals surface area contributed by atoms with Gasteiger partial charge in [0.1, 0.15) is 4.90 Å². The number of hydrogen-bond donors (Lipinski definition) is 3. The van der Waals surface area contributed by atoms with Crippen LogP contribution in [0.3, 0.4) is 0 Å². The molecule has 0 amide bonds. The molecule has 0 aliphatic carbocycles. The molecular weight excluding hydrogens is 250 g/mol. The fourth-order valence-corrected chi connectivity index (χ4v) is 2.45. The zero-order valence-electron chi connectivity index (χ0n) is 10.8. The first-order valence-electron chi connectivity index (χ1n) is 6.04. The van der Waals surface area contributed by atoms with Crippen LogP contribution in [0, 0.1) is 0 Å². The Morgan fingerprint density at radius 1 is 1.39 bits per heavy atom. The van der Waals surface area contributed by atoms with Crippen molar-refractivity contribution < 1.29 is 8.42 Å². The summed E-state index contributed by atoms with van der Waals surface area (Å²) < 4.78 is 22.7. The van der Waals surface area contributed by atoms with Crippen molar-refractivity contribution >= 4 is 21.4 Å². The number of rotatable bonds is 6. The van der Waals surface area contributed by atoms with E-state index < -0.39 is 10.0 Å². The second-order valence-electron chi connectivity index (χ2n) is 4.45. The van der Waals surface area contributed by atoms with E-state index in [9.17, 15) is 8.42 Å². The number of primary sulfonamides is 1. The summed E-state index contributed by atoms with van der Waals surface area (Å²) in [5.41, 5.74) is 6.62. The highest BCUT2D eigenvalue weighted by atomic mass is 32.2. The van der Waals surface area contributed by atoms with Crippen LogP contribution in [-0.4, -0.2) is 14.5 Å². The maximum Gasteiger partial charge on any atom is 0.240 e. The van der Waals surface area contributed by atoms with Gasteiger partial charge in [0, 0.05) is 6.04 Å². The number of nitrogens with two attached hydrogens (primary N) is 2. The lowest BCUT2D eigenvalue weighted by molar-refractivity contribution is 0.598. The molecule has 1 atom stereocenters. The topological polar surface area (TPSA) is 98.2 Å². The molecule has 18 heavy (non-hydrogen) atoms.